The SMILES string of the molecule is Cc1nc(NS(=O)(=O)c2ccc(Cl)cc2)sc1C(=O)NCCC1=CCCCC1. The standard InChI is InChI=1S/C19H22ClN3O3S2/c1-13-17(18(24)21-12-11-14-5-3-2-4-6-14)27-19(22-13)23-28(25,26)16-9-7-15(20)8-10-16/h5,7-10H,2-4,6,11-12H2,1H3,(H,21,24)(H,22,23). The Bertz CT molecular complexity index is 982. The highest BCUT2D eigenvalue weighted by Crippen LogP contribution is 2.26. The summed E-state index contributed by atoms with van der Waals surface area (Å²) in [5.74, 6) is -0.233. The Kier molecular flexibility index (Phi) is 6.74. The van der Waals surface area contributed by atoms with E-state index in [-0.39, 0.29) is 15.9 Å². The molecule has 1 aliphatic carbocycles. The summed E-state index contributed by atoms with van der Waals surface area (Å²) in [6, 6.07) is 5.84. The molecule has 2 N–H and O–H groups in total. The van der Waals surface area contributed by atoms with Gasteiger partial charge in [-0.3, -0.25) is 9.52 Å². The Morgan fingerprint density at radius 1 is 1.25 bits per heavy atom. The van der Waals surface area contributed by atoms with Crippen molar-refractivity contribution in [2.24, 2.45) is 0 Å². The molecule has 150 valence electrons. The average Bonchev–Trinajstić information content (AvgIpc) is 3.02. The Labute approximate surface area is 174 Å². The lowest BCUT2D eigenvalue weighted by Crippen LogP contribution is -2.24. The lowest BCUT2D eigenvalue weighted by molar-refractivity contribution is 0.0957. The van der Waals surface area contributed by atoms with E-state index in [0.717, 1.165) is 30.6 Å². The molecular weight excluding hydrogens is 418 g/mol. The first-order chi connectivity index (χ1) is 13.3. The normalized spacial score (nSPS) is 14.4. The molecule has 0 atom stereocenters. The molecule has 1 aromatic carbocycles. The summed E-state index contributed by atoms with van der Waals surface area (Å²) in [5, 5.41) is 3.51. The fourth-order valence-corrected chi connectivity index (χ4v) is 5.23. The van der Waals surface area contributed by atoms with Crippen molar-refractivity contribution in [1.29, 1.82) is 0 Å². The fraction of sp³-hybridized carbons (Fsp3) is 0.368. The van der Waals surface area contributed by atoms with Crippen molar-refractivity contribution in [2.45, 2.75) is 43.9 Å². The molecular formula is C19H22ClN3O3S2. The summed E-state index contributed by atoms with van der Waals surface area (Å²) in [5.41, 5.74) is 1.89. The Morgan fingerprint density at radius 2 is 2.00 bits per heavy atom. The highest BCUT2D eigenvalue weighted by molar-refractivity contribution is 7.93. The Balaban J connectivity index is 1.62. The molecule has 0 saturated heterocycles. The van der Waals surface area contributed by atoms with Gasteiger partial charge in [-0.15, -0.1) is 0 Å². The largest absolute Gasteiger partial charge is 0.351 e. The van der Waals surface area contributed by atoms with Crippen molar-refractivity contribution in [3.05, 3.63) is 51.5 Å². The van der Waals surface area contributed by atoms with Gasteiger partial charge >= 0.3 is 0 Å². The van der Waals surface area contributed by atoms with Gasteiger partial charge in [-0.05, 0) is 63.3 Å². The number of nitrogens with zero attached hydrogens (tertiary/aromatic N) is 1. The predicted octanol–water partition coefficient (Wildman–Crippen LogP) is 4.53. The highest BCUT2D eigenvalue weighted by Gasteiger charge is 2.20. The molecule has 1 heterocycles. The van der Waals surface area contributed by atoms with Crippen LogP contribution in [0.5, 0.6) is 0 Å². The van der Waals surface area contributed by atoms with Crippen LogP contribution in [0.15, 0.2) is 40.8 Å². The van der Waals surface area contributed by atoms with Gasteiger partial charge < -0.3 is 5.32 Å². The van der Waals surface area contributed by atoms with Crippen molar-refractivity contribution >= 4 is 44.0 Å². The number of sulfonamides is 1. The number of anilines is 1. The molecule has 1 aliphatic rings. The van der Waals surface area contributed by atoms with Crippen LogP contribution in [0.25, 0.3) is 0 Å². The molecule has 0 fully saturated rings. The van der Waals surface area contributed by atoms with E-state index in [1.807, 2.05) is 0 Å². The van der Waals surface area contributed by atoms with Gasteiger partial charge in [-0.25, -0.2) is 13.4 Å². The topological polar surface area (TPSA) is 88.2 Å². The van der Waals surface area contributed by atoms with Gasteiger partial charge in [0, 0.05) is 11.6 Å². The Hall–Kier alpha value is -1.90. The first-order valence-electron chi connectivity index (χ1n) is 9.07. The predicted molar refractivity (Wildman–Crippen MR) is 113 cm³/mol. The van der Waals surface area contributed by atoms with Gasteiger partial charge in [-0.2, -0.15) is 0 Å². The van der Waals surface area contributed by atoms with Gasteiger partial charge in [0.15, 0.2) is 5.13 Å². The average molecular weight is 440 g/mol. The van der Waals surface area contributed by atoms with E-state index in [2.05, 4.69) is 21.1 Å². The third-order valence-corrected chi connectivity index (χ3v) is 7.27. The van der Waals surface area contributed by atoms with Gasteiger partial charge in [0.25, 0.3) is 15.9 Å². The first-order valence-corrected chi connectivity index (χ1v) is 11.7. The van der Waals surface area contributed by atoms with E-state index >= 15 is 0 Å². The third-order valence-electron chi connectivity index (χ3n) is 4.47. The quantitative estimate of drug-likeness (QED) is 0.620. The highest BCUT2D eigenvalue weighted by atomic mass is 35.5. The molecule has 2 aromatic rings. The molecule has 1 aromatic heterocycles. The maximum atomic E-state index is 12.5. The fourth-order valence-electron chi connectivity index (χ4n) is 2.99. The van der Waals surface area contributed by atoms with E-state index in [0.29, 0.717) is 22.1 Å². The molecule has 0 bridgehead atoms. The molecule has 0 radical (unpaired) electrons. The van der Waals surface area contributed by atoms with Crippen LogP contribution >= 0.6 is 22.9 Å². The summed E-state index contributed by atoms with van der Waals surface area (Å²) in [6.45, 7) is 2.25. The van der Waals surface area contributed by atoms with Crippen molar-refractivity contribution in [2.75, 3.05) is 11.3 Å². The number of carbonyl (C=O) groups excluding carboxylic acids is 1. The molecule has 3 rings (SSSR count). The molecule has 9 heteroatoms. The second kappa shape index (κ2) is 9.07. The van der Waals surface area contributed by atoms with Crippen LogP contribution < -0.4 is 10.0 Å². The number of nitrogens with one attached hydrogen (secondary N) is 2. The zero-order valence-electron chi connectivity index (χ0n) is 15.5. The van der Waals surface area contributed by atoms with E-state index in [1.54, 1.807) is 6.92 Å². The number of amides is 1. The number of benzene rings is 1. The Morgan fingerprint density at radius 3 is 2.68 bits per heavy atom. The lowest BCUT2D eigenvalue weighted by atomic mass is 9.97. The maximum absolute atomic E-state index is 12.5. The maximum Gasteiger partial charge on any atom is 0.263 e. The second-order valence-corrected chi connectivity index (χ2v) is 9.72. The van der Waals surface area contributed by atoms with Crippen molar-refractivity contribution in [3.63, 3.8) is 0 Å². The zero-order chi connectivity index (χ0) is 20.1. The number of carbonyl (C=O) groups is 1. The molecule has 0 unspecified atom stereocenters. The molecule has 0 spiro atoms. The van der Waals surface area contributed by atoms with Crippen LogP contribution in [-0.4, -0.2) is 25.9 Å². The van der Waals surface area contributed by atoms with E-state index in [1.165, 1.54) is 42.7 Å². The summed E-state index contributed by atoms with van der Waals surface area (Å²) in [7, 11) is -3.79. The number of thiazole rings is 1. The van der Waals surface area contributed by atoms with Crippen LogP contribution in [0.1, 0.15) is 47.5 Å². The minimum atomic E-state index is -3.79. The number of hydrogen-bond donors (Lipinski definition) is 2. The van der Waals surface area contributed by atoms with Gasteiger partial charge in [0.2, 0.25) is 0 Å². The number of hydrogen-bond acceptors (Lipinski definition) is 5. The van der Waals surface area contributed by atoms with E-state index in [4.69, 9.17) is 11.6 Å². The van der Waals surface area contributed by atoms with Gasteiger partial charge in [-0.1, -0.05) is 34.6 Å². The lowest BCUT2D eigenvalue weighted by Gasteiger charge is -2.12. The molecule has 0 saturated carbocycles. The first kappa shape index (κ1) is 20.8. The van der Waals surface area contributed by atoms with Crippen LogP contribution in [0.2, 0.25) is 5.02 Å². The van der Waals surface area contributed by atoms with Crippen LogP contribution in [0.4, 0.5) is 5.13 Å². The molecule has 1 amide bonds. The number of aryl methyl sites for hydroxylation is 1. The monoisotopic (exact) mass is 439 g/mol. The number of aromatic nitrogens is 1. The van der Waals surface area contributed by atoms with Crippen LogP contribution in [0, 0.1) is 6.92 Å². The summed E-state index contributed by atoms with van der Waals surface area (Å²) in [4.78, 5) is 17.1. The number of halogens is 1. The van der Waals surface area contributed by atoms with Crippen LogP contribution in [-0.2, 0) is 10.0 Å². The molecule has 0 aliphatic heterocycles. The molecule has 6 nitrogen and oxygen atoms in total. The molecule has 28 heavy (non-hydrogen) atoms. The summed E-state index contributed by atoms with van der Waals surface area (Å²) < 4.78 is 27.3. The number of allylic oxidation sites excluding steroid dienone is 1. The van der Waals surface area contributed by atoms with Crippen LogP contribution in [0.3, 0.4) is 0 Å². The van der Waals surface area contributed by atoms with Gasteiger partial charge in [0.1, 0.15) is 4.88 Å². The second-order valence-electron chi connectivity index (χ2n) is 6.61. The smallest absolute Gasteiger partial charge is 0.263 e. The van der Waals surface area contributed by atoms with E-state index < -0.39 is 10.0 Å². The van der Waals surface area contributed by atoms with E-state index in [9.17, 15) is 13.2 Å². The number of rotatable bonds is 7. The van der Waals surface area contributed by atoms with Crippen molar-refractivity contribution in [1.82, 2.24) is 10.3 Å². The minimum absolute atomic E-state index is 0.0801. The summed E-state index contributed by atoms with van der Waals surface area (Å²) >= 11 is 6.82. The van der Waals surface area contributed by atoms with Crippen molar-refractivity contribution in [3.8, 4) is 0 Å². The van der Waals surface area contributed by atoms with Crippen molar-refractivity contribution < 1.29 is 13.2 Å². The summed E-state index contributed by atoms with van der Waals surface area (Å²) in [6.07, 6.45) is 7.78. The third kappa shape index (κ3) is 5.33. The van der Waals surface area contributed by atoms with Gasteiger partial charge in [0.05, 0.1) is 10.6 Å². The minimum Gasteiger partial charge on any atom is -0.351 e. The zero-order valence-corrected chi connectivity index (χ0v) is 17.9.